The number of rotatable bonds is 6. The van der Waals surface area contributed by atoms with Gasteiger partial charge < -0.3 is 14.2 Å². The molecule has 1 amide bonds. The van der Waals surface area contributed by atoms with E-state index in [-0.39, 0.29) is 24.3 Å². The Bertz CT molecular complexity index is 1030. The molecule has 4 rings (SSSR count). The number of ether oxygens (including phenoxy) is 1. The summed E-state index contributed by atoms with van der Waals surface area (Å²) in [6.45, 7) is 1.52. The van der Waals surface area contributed by atoms with E-state index in [1.54, 1.807) is 4.90 Å². The van der Waals surface area contributed by atoms with Gasteiger partial charge in [0.25, 0.3) is 0 Å². The number of aromatic nitrogens is 2. The van der Waals surface area contributed by atoms with Crippen molar-refractivity contribution in [3.8, 4) is 11.4 Å². The summed E-state index contributed by atoms with van der Waals surface area (Å²) in [5.41, 5.74) is 0.741. The summed E-state index contributed by atoms with van der Waals surface area (Å²) in [6, 6.07) is 14.3. The van der Waals surface area contributed by atoms with Crippen LogP contribution in [-0.2, 0) is 22.3 Å². The van der Waals surface area contributed by atoms with Gasteiger partial charge in [0, 0.05) is 24.6 Å². The number of hydrogen-bond acceptors (Lipinski definition) is 5. The Morgan fingerprint density at radius 2 is 1.75 bits per heavy atom. The van der Waals surface area contributed by atoms with E-state index in [1.165, 1.54) is 12.1 Å². The van der Waals surface area contributed by atoms with Crippen molar-refractivity contribution in [1.82, 2.24) is 15.0 Å². The number of carbonyl (C=O) groups is 1. The van der Waals surface area contributed by atoms with Crippen molar-refractivity contribution in [1.29, 1.82) is 0 Å². The molecule has 0 N–H and O–H groups in total. The second-order valence-electron chi connectivity index (χ2n) is 7.66. The molecular formula is C23H22F3N3O3. The van der Waals surface area contributed by atoms with E-state index in [1.807, 2.05) is 30.3 Å². The number of amides is 1. The molecule has 3 aromatic rings. The number of benzene rings is 2. The van der Waals surface area contributed by atoms with E-state index in [0.717, 1.165) is 17.7 Å². The zero-order chi connectivity index (χ0) is 22.6. The van der Waals surface area contributed by atoms with Crippen molar-refractivity contribution < 1.29 is 27.2 Å². The topological polar surface area (TPSA) is 68.5 Å². The number of carbonyl (C=O) groups excluding carboxylic acids is 1. The molecule has 0 unspecified atom stereocenters. The Hall–Kier alpha value is -3.20. The lowest BCUT2D eigenvalue weighted by molar-refractivity contribution is -0.138. The van der Waals surface area contributed by atoms with Gasteiger partial charge in [-0.3, -0.25) is 4.79 Å². The van der Waals surface area contributed by atoms with Gasteiger partial charge in [-0.1, -0.05) is 47.6 Å². The van der Waals surface area contributed by atoms with Crippen LogP contribution in [0.1, 0.15) is 35.8 Å². The quantitative estimate of drug-likeness (QED) is 0.551. The van der Waals surface area contributed by atoms with Crippen LogP contribution in [0.2, 0.25) is 0 Å². The SMILES string of the molecule is O=C(COCc1ccccc1)N1CCC(c2nc(-c3ccc(C(F)(F)F)cc3)no2)CC1. The monoisotopic (exact) mass is 445 g/mol. The first-order chi connectivity index (χ1) is 15.4. The molecule has 2 heterocycles. The largest absolute Gasteiger partial charge is 0.416 e. The smallest absolute Gasteiger partial charge is 0.367 e. The average Bonchev–Trinajstić information content (AvgIpc) is 3.30. The second kappa shape index (κ2) is 9.52. The Morgan fingerprint density at radius 1 is 1.06 bits per heavy atom. The van der Waals surface area contributed by atoms with Crippen LogP contribution in [0.4, 0.5) is 13.2 Å². The maximum absolute atomic E-state index is 12.7. The molecule has 32 heavy (non-hydrogen) atoms. The highest BCUT2D eigenvalue weighted by Gasteiger charge is 2.31. The minimum Gasteiger partial charge on any atom is -0.367 e. The van der Waals surface area contributed by atoms with Gasteiger partial charge in [-0.2, -0.15) is 18.2 Å². The first-order valence-corrected chi connectivity index (χ1v) is 10.3. The molecule has 1 aliphatic heterocycles. The molecule has 0 aliphatic carbocycles. The fourth-order valence-electron chi connectivity index (χ4n) is 3.62. The minimum absolute atomic E-state index is 0.0000134. The van der Waals surface area contributed by atoms with E-state index < -0.39 is 11.7 Å². The summed E-state index contributed by atoms with van der Waals surface area (Å²) < 4.78 is 49.0. The fraction of sp³-hybridized carbons (Fsp3) is 0.348. The fourth-order valence-corrected chi connectivity index (χ4v) is 3.62. The van der Waals surface area contributed by atoms with E-state index in [9.17, 15) is 18.0 Å². The molecule has 6 nitrogen and oxygen atoms in total. The minimum atomic E-state index is -4.39. The van der Waals surface area contributed by atoms with Crippen LogP contribution in [0.25, 0.3) is 11.4 Å². The summed E-state index contributed by atoms with van der Waals surface area (Å²) in [5, 5.41) is 3.91. The van der Waals surface area contributed by atoms with Crippen LogP contribution >= 0.6 is 0 Å². The molecule has 1 saturated heterocycles. The van der Waals surface area contributed by atoms with Gasteiger partial charge in [0.15, 0.2) is 0 Å². The Balaban J connectivity index is 1.27. The molecular weight excluding hydrogens is 423 g/mol. The van der Waals surface area contributed by atoms with Crippen molar-refractivity contribution >= 4 is 5.91 Å². The number of piperidine rings is 1. The zero-order valence-corrected chi connectivity index (χ0v) is 17.2. The molecule has 9 heteroatoms. The molecule has 0 radical (unpaired) electrons. The molecule has 0 atom stereocenters. The van der Waals surface area contributed by atoms with Gasteiger partial charge in [0.2, 0.25) is 17.6 Å². The average molecular weight is 445 g/mol. The Morgan fingerprint density at radius 3 is 2.41 bits per heavy atom. The Labute approximate surface area is 183 Å². The van der Waals surface area contributed by atoms with Gasteiger partial charge in [-0.05, 0) is 30.5 Å². The van der Waals surface area contributed by atoms with Gasteiger partial charge >= 0.3 is 6.18 Å². The summed E-state index contributed by atoms with van der Waals surface area (Å²) in [6.07, 6.45) is -3.06. The summed E-state index contributed by atoms with van der Waals surface area (Å²) in [4.78, 5) is 18.5. The summed E-state index contributed by atoms with van der Waals surface area (Å²) in [7, 11) is 0. The standard InChI is InChI=1S/C23H22F3N3O3/c24-23(25,26)19-8-6-17(7-9-19)21-27-22(32-28-21)18-10-12-29(13-11-18)20(30)15-31-14-16-4-2-1-3-5-16/h1-9,18H,10-15H2. The van der Waals surface area contributed by atoms with E-state index >= 15 is 0 Å². The lowest BCUT2D eigenvalue weighted by Crippen LogP contribution is -2.40. The first kappa shape index (κ1) is 22.0. The van der Waals surface area contributed by atoms with Gasteiger partial charge in [-0.25, -0.2) is 0 Å². The number of likely N-dealkylation sites (tertiary alicyclic amines) is 1. The highest BCUT2D eigenvalue weighted by atomic mass is 19.4. The van der Waals surface area contributed by atoms with Crippen LogP contribution < -0.4 is 0 Å². The van der Waals surface area contributed by atoms with E-state index in [2.05, 4.69) is 10.1 Å². The maximum Gasteiger partial charge on any atom is 0.416 e. The van der Waals surface area contributed by atoms with Gasteiger partial charge in [-0.15, -0.1) is 0 Å². The van der Waals surface area contributed by atoms with Crippen LogP contribution in [0, 0.1) is 0 Å². The number of halogens is 3. The number of hydrogen-bond donors (Lipinski definition) is 0. The van der Waals surface area contributed by atoms with Crippen molar-refractivity contribution in [3.63, 3.8) is 0 Å². The maximum atomic E-state index is 12.7. The van der Waals surface area contributed by atoms with Gasteiger partial charge in [0.05, 0.1) is 12.2 Å². The predicted octanol–water partition coefficient (Wildman–Crippen LogP) is 4.68. The van der Waals surface area contributed by atoms with Gasteiger partial charge in [0.1, 0.15) is 6.61 Å². The number of alkyl halides is 3. The van der Waals surface area contributed by atoms with Crippen molar-refractivity contribution in [3.05, 3.63) is 71.6 Å². The molecule has 168 valence electrons. The molecule has 1 aromatic heterocycles. The molecule has 0 bridgehead atoms. The van der Waals surface area contributed by atoms with E-state index in [4.69, 9.17) is 9.26 Å². The number of nitrogens with zero attached hydrogens (tertiary/aromatic N) is 3. The molecule has 0 saturated carbocycles. The molecule has 1 fully saturated rings. The summed E-state index contributed by atoms with van der Waals surface area (Å²) >= 11 is 0. The van der Waals surface area contributed by atoms with Crippen molar-refractivity contribution in [2.24, 2.45) is 0 Å². The molecule has 0 spiro atoms. The molecule has 1 aliphatic rings. The first-order valence-electron chi connectivity index (χ1n) is 10.3. The lowest BCUT2D eigenvalue weighted by atomic mass is 9.96. The summed E-state index contributed by atoms with van der Waals surface area (Å²) in [5.74, 6) is 0.629. The van der Waals surface area contributed by atoms with Crippen LogP contribution in [0.5, 0.6) is 0 Å². The third-order valence-electron chi connectivity index (χ3n) is 5.45. The van der Waals surface area contributed by atoms with Crippen molar-refractivity contribution in [2.45, 2.75) is 31.5 Å². The second-order valence-corrected chi connectivity index (χ2v) is 7.66. The highest BCUT2D eigenvalue weighted by molar-refractivity contribution is 5.77. The van der Waals surface area contributed by atoms with Crippen molar-refractivity contribution in [2.75, 3.05) is 19.7 Å². The highest BCUT2D eigenvalue weighted by Crippen LogP contribution is 2.32. The molecule has 2 aromatic carbocycles. The lowest BCUT2D eigenvalue weighted by Gasteiger charge is -2.30. The third kappa shape index (κ3) is 5.34. The third-order valence-corrected chi connectivity index (χ3v) is 5.45. The van der Waals surface area contributed by atoms with Crippen LogP contribution in [0.15, 0.2) is 59.1 Å². The predicted molar refractivity (Wildman–Crippen MR) is 109 cm³/mol. The van der Waals surface area contributed by atoms with Crippen LogP contribution in [-0.4, -0.2) is 40.6 Å². The Kier molecular flexibility index (Phi) is 6.55. The van der Waals surface area contributed by atoms with E-state index in [0.29, 0.717) is 44.0 Å². The zero-order valence-electron chi connectivity index (χ0n) is 17.2. The van der Waals surface area contributed by atoms with Crippen LogP contribution in [0.3, 0.4) is 0 Å². The normalized spacial score (nSPS) is 15.2.